The van der Waals surface area contributed by atoms with E-state index in [0.29, 0.717) is 46.4 Å². The van der Waals surface area contributed by atoms with Crippen molar-refractivity contribution in [2.75, 3.05) is 20.3 Å². The molecular weight excluding hydrogens is 428 g/mol. The molecule has 1 saturated heterocycles. The van der Waals surface area contributed by atoms with E-state index in [9.17, 15) is 9.59 Å². The average Bonchev–Trinajstić information content (AvgIpc) is 3.01. The Labute approximate surface area is 191 Å². The molecule has 2 aromatic rings. The number of amides is 1. The minimum Gasteiger partial charge on any atom is -0.490 e. The molecule has 0 atom stereocenters. The Balaban J connectivity index is 1.83. The number of thioether (sulfide) groups is 1. The van der Waals surface area contributed by atoms with Crippen molar-refractivity contribution in [2.24, 2.45) is 10.9 Å². The van der Waals surface area contributed by atoms with E-state index >= 15 is 0 Å². The maximum absolute atomic E-state index is 12.7. The Morgan fingerprint density at radius 2 is 1.88 bits per heavy atom. The van der Waals surface area contributed by atoms with E-state index in [-0.39, 0.29) is 11.5 Å². The van der Waals surface area contributed by atoms with Crippen LogP contribution in [-0.4, -0.2) is 47.3 Å². The highest BCUT2D eigenvalue weighted by atomic mass is 32.2. The topological polar surface area (TPSA) is 88.4 Å². The molecule has 1 aliphatic rings. The highest BCUT2D eigenvalue weighted by molar-refractivity contribution is 8.18. The van der Waals surface area contributed by atoms with Crippen molar-refractivity contribution in [1.29, 1.82) is 0 Å². The normalized spacial score (nSPS) is 16.3. The Bertz CT molecular complexity index is 1060. The Morgan fingerprint density at radius 3 is 2.50 bits per heavy atom. The van der Waals surface area contributed by atoms with Gasteiger partial charge in [-0.05, 0) is 72.6 Å². The number of hydrogen-bond acceptors (Lipinski definition) is 6. The van der Waals surface area contributed by atoms with Crippen molar-refractivity contribution in [3.8, 4) is 11.5 Å². The van der Waals surface area contributed by atoms with Crippen LogP contribution in [0.15, 0.2) is 52.4 Å². The van der Waals surface area contributed by atoms with Crippen molar-refractivity contribution in [3.63, 3.8) is 0 Å². The van der Waals surface area contributed by atoms with Gasteiger partial charge in [0.15, 0.2) is 16.7 Å². The molecule has 0 unspecified atom stereocenters. The first kappa shape index (κ1) is 23.4. The quantitative estimate of drug-likeness (QED) is 0.562. The molecule has 0 radical (unpaired) electrons. The molecule has 8 heteroatoms. The SMILES string of the molecule is CCOc1cc(/C=C2/SC(=Nc3ccc(C(=O)O)cc3)N(C)C2=O)ccc1OCC(C)C. The summed E-state index contributed by atoms with van der Waals surface area (Å²) in [4.78, 5) is 30.2. The van der Waals surface area contributed by atoms with Gasteiger partial charge in [-0.1, -0.05) is 19.9 Å². The lowest BCUT2D eigenvalue weighted by molar-refractivity contribution is -0.121. The van der Waals surface area contributed by atoms with Crippen LogP contribution >= 0.6 is 11.8 Å². The number of aliphatic imine (C=N–C) groups is 1. The Morgan fingerprint density at radius 1 is 1.16 bits per heavy atom. The first-order chi connectivity index (χ1) is 15.3. The van der Waals surface area contributed by atoms with Crippen LogP contribution in [0, 0.1) is 5.92 Å². The first-order valence-corrected chi connectivity index (χ1v) is 11.1. The number of carbonyl (C=O) groups excluding carboxylic acids is 1. The zero-order chi connectivity index (χ0) is 23.3. The Hall–Kier alpha value is -3.26. The van der Waals surface area contributed by atoms with E-state index in [2.05, 4.69) is 18.8 Å². The van der Waals surface area contributed by atoms with Crippen LogP contribution in [0.5, 0.6) is 11.5 Å². The summed E-state index contributed by atoms with van der Waals surface area (Å²) < 4.78 is 11.6. The van der Waals surface area contributed by atoms with Crippen LogP contribution in [0.2, 0.25) is 0 Å². The summed E-state index contributed by atoms with van der Waals surface area (Å²) in [6, 6.07) is 11.8. The largest absolute Gasteiger partial charge is 0.490 e. The van der Waals surface area contributed by atoms with Gasteiger partial charge in [-0.15, -0.1) is 0 Å². The molecule has 1 amide bonds. The van der Waals surface area contributed by atoms with Crippen LogP contribution in [0.4, 0.5) is 5.69 Å². The van der Waals surface area contributed by atoms with Gasteiger partial charge in [-0.3, -0.25) is 9.69 Å². The van der Waals surface area contributed by atoms with Gasteiger partial charge in [-0.25, -0.2) is 9.79 Å². The van der Waals surface area contributed by atoms with Crippen molar-refractivity contribution < 1.29 is 24.2 Å². The van der Waals surface area contributed by atoms with Crippen LogP contribution in [0.25, 0.3) is 6.08 Å². The summed E-state index contributed by atoms with van der Waals surface area (Å²) in [5, 5.41) is 9.54. The first-order valence-electron chi connectivity index (χ1n) is 10.3. The standard InChI is InChI=1S/C24H26N2O5S/c1-5-30-20-12-16(6-11-19(20)31-14-15(2)3)13-21-22(27)26(4)24(32-21)25-18-9-7-17(8-10-18)23(28)29/h6-13,15H,5,14H2,1-4H3,(H,28,29)/b21-13+,25-24?. The molecule has 168 valence electrons. The lowest BCUT2D eigenvalue weighted by Crippen LogP contribution is -2.23. The van der Waals surface area contributed by atoms with Crippen molar-refractivity contribution in [3.05, 3.63) is 58.5 Å². The molecule has 0 spiro atoms. The lowest BCUT2D eigenvalue weighted by atomic mass is 10.1. The molecule has 7 nitrogen and oxygen atoms in total. The third-order valence-electron chi connectivity index (χ3n) is 4.48. The van der Waals surface area contributed by atoms with E-state index in [4.69, 9.17) is 14.6 Å². The van der Waals surface area contributed by atoms with Gasteiger partial charge in [0, 0.05) is 7.05 Å². The van der Waals surface area contributed by atoms with Gasteiger partial charge >= 0.3 is 5.97 Å². The second kappa shape index (κ2) is 10.4. The fraction of sp³-hybridized carbons (Fsp3) is 0.292. The molecule has 3 rings (SSSR count). The summed E-state index contributed by atoms with van der Waals surface area (Å²) in [6.45, 7) is 7.17. The zero-order valence-electron chi connectivity index (χ0n) is 18.5. The third kappa shape index (κ3) is 5.70. The van der Waals surface area contributed by atoms with Crippen LogP contribution in [0.1, 0.15) is 36.7 Å². The molecule has 1 fully saturated rings. The highest BCUT2D eigenvalue weighted by Crippen LogP contribution is 2.35. The number of carboxylic acids is 1. The maximum atomic E-state index is 12.7. The number of carbonyl (C=O) groups is 2. The fourth-order valence-corrected chi connectivity index (χ4v) is 3.84. The van der Waals surface area contributed by atoms with Gasteiger partial charge in [0.2, 0.25) is 0 Å². The predicted octanol–water partition coefficient (Wildman–Crippen LogP) is 5.05. The number of nitrogens with zero attached hydrogens (tertiary/aromatic N) is 2. The number of carboxylic acid groups (broad SMARTS) is 1. The van der Waals surface area contributed by atoms with Crippen LogP contribution in [-0.2, 0) is 4.79 Å². The molecule has 2 aromatic carbocycles. The highest BCUT2D eigenvalue weighted by Gasteiger charge is 2.30. The molecule has 0 bridgehead atoms. The van der Waals surface area contributed by atoms with E-state index in [1.54, 1.807) is 25.3 Å². The number of ether oxygens (including phenoxy) is 2. The molecule has 0 aliphatic carbocycles. The number of hydrogen-bond donors (Lipinski definition) is 1. The minimum absolute atomic E-state index is 0.158. The van der Waals surface area contributed by atoms with Crippen molar-refractivity contribution in [2.45, 2.75) is 20.8 Å². The second-order valence-corrected chi connectivity index (χ2v) is 8.57. The molecular formula is C24H26N2O5S. The minimum atomic E-state index is -0.996. The monoisotopic (exact) mass is 454 g/mol. The predicted molar refractivity (Wildman–Crippen MR) is 127 cm³/mol. The number of aromatic carboxylic acids is 1. The van der Waals surface area contributed by atoms with Crippen LogP contribution < -0.4 is 9.47 Å². The van der Waals surface area contributed by atoms with Crippen molar-refractivity contribution >= 4 is 40.6 Å². The van der Waals surface area contributed by atoms with Gasteiger partial charge in [0.1, 0.15) is 0 Å². The maximum Gasteiger partial charge on any atom is 0.335 e. The molecule has 32 heavy (non-hydrogen) atoms. The zero-order valence-corrected chi connectivity index (χ0v) is 19.3. The molecule has 1 heterocycles. The van der Waals surface area contributed by atoms with Crippen molar-refractivity contribution in [1.82, 2.24) is 4.90 Å². The lowest BCUT2D eigenvalue weighted by Gasteiger charge is -2.14. The fourth-order valence-electron chi connectivity index (χ4n) is 2.85. The van der Waals surface area contributed by atoms with Gasteiger partial charge in [0.05, 0.1) is 29.4 Å². The number of amidine groups is 1. The summed E-state index contributed by atoms with van der Waals surface area (Å²) >= 11 is 1.26. The third-order valence-corrected chi connectivity index (χ3v) is 5.54. The van der Waals surface area contributed by atoms with E-state index in [1.165, 1.54) is 28.8 Å². The molecule has 0 saturated carbocycles. The van der Waals surface area contributed by atoms with E-state index in [0.717, 1.165) is 5.56 Å². The molecule has 0 aromatic heterocycles. The number of benzene rings is 2. The number of rotatable bonds is 8. The van der Waals surface area contributed by atoms with Crippen LogP contribution in [0.3, 0.4) is 0 Å². The molecule has 1 aliphatic heterocycles. The number of likely N-dealkylation sites (N-methyl/N-ethyl adjacent to an activating group) is 1. The summed E-state index contributed by atoms with van der Waals surface area (Å²) in [5.74, 6) is 0.557. The summed E-state index contributed by atoms with van der Waals surface area (Å²) in [6.07, 6.45) is 1.80. The van der Waals surface area contributed by atoms with E-state index in [1.807, 2.05) is 25.1 Å². The Kier molecular flexibility index (Phi) is 7.58. The smallest absolute Gasteiger partial charge is 0.335 e. The van der Waals surface area contributed by atoms with E-state index < -0.39 is 5.97 Å². The van der Waals surface area contributed by atoms with Gasteiger partial charge in [0.25, 0.3) is 5.91 Å². The summed E-state index contributed by atoms with van der Waals surface area (Å²) in [5.41, 5.74) is 1.58. The average molecular weight is 455 g/mol. The molecule has 1 N–H and O–H groups in total. The summed E-state index contributed by atoms with van der Waals surface area (Å²) in [7, 11) is 1.66. The van der Waals surface area contributed by atoms with Gasteiger partial charge in [-0.2, -0.15) is 0 Å². The second-order valence-electron chi connectivity index (χ2n) is 7.57. The van der Waals surface area contributed by atoms with Gasteiger partial charge < -0.3 is 14.6 Å².